The number of nitrogens with zero attached hydrogens (tertiary/aromatic N) is 1. The Labute approximate surface area is 190 Å². The first-order valence-electron chi connectivity index (χ1n) is 10.3. The van der Waals surface area contributed by atoms with E-state index in [4.69, 9.17) is 9.47 Å². The average Bonchev–Trinajstić information content (AvgIpc) is 2.81. The number of piperidine rings is 1. The molecule has 2 aromatic carbocycles. The largest absolute Gasteiger partial charge is 0.493 e. The summed E-state index contributed by atoms with van der Waals surface area (Å²) in [5, 5.41) is 2.77. The number of para-hydroxylation sites is 2. The molecule has 1 fully saturated rings. The van der Waals surface area contributed by atoms with Gasteiger partial charge >= 0.3 is 6.18 Å². The summed E-state index contributed by atoms with van der Waals surface area (Å²) >= 11 is 0. The molecule has 1 amide bonds. The second-order valence-electron chi connectivity index (χ2n) is 7.49. The number of hydrogen-bond acceptors (Lipinski definition) is 5. The first kappa shape index (κ1) is 24.8. The summed E-state index contributed by atoms with van der Waals surface area (Å²) in [5.74, 6) is 0.541. The number of sulfonamides is 1. The number of ether oxygens (including phenoxy) is 2. The number of carbonyl (C=O) groups is 1. The third-order valence-electron chi connectivity index (χ3n) is 5.35. The number of benzene rings is 2. The van der Waals surface area contributed by atoms with Gasteiger partial charge in [-0.3, -0.25) is 4.79 Å². The predicted octanol–water partition coefficient (Wildman–Crippen LogP) is 3.31. The van der Waals surface area contributed by atoms with Crippen LogP contribution >= 0.6 is 0 Å². The van der Waals surface area contributed by atoms with Crippen molar-refractivity contribution in [2.45, 2.75) is 23.9 Å². The second kappa shape index (κ2) is 10.4. The van der Waals surface area contributed by atoms with Crippen LogP contribution in [0.1, 0.15) is 18.4 Å². The molecule has 33 heavy (non-hydrogen) atoms. The summed E-state index contributed by atoms with van der Waals surface area (Å²) < 4.78 is 76.3. The summed E-state index contributed by atoms with van der Waals surface area (Å²) in [6, 6.07) is 10.8. The van der Waals surface area contributed by atoms with Gasteiger partial charge in [-0.2, -0.15) is 17.5 Å². The highest BCUT2D eigenvalue weighted by Gasteiger charge is 2.35. The fraction of sp³-hybridized carbons (Fsp3) is 0.409. The molecule has 180 valence electrons. The molecule has 1 aliphatic heterocycles. The fourth-order valence-corrected chi connectivity index (χ4v) is 5.07. The molecule has 11 heteroatoms. The van der Waals surface area contributed by atoms with E-state index in [1.807, 2.05) is 6.07 Å². The number of amides is 1. The maximum absolute atomic E-state index is 12.9. The van der Waals surface area contributed by atoms with Gasteiger partial charge in [0.05, 0.1) is 24.1 Å². The quantitative estimate of drug-likeness (QED) is 0.579. The van der Waals surface area contributed by atoms with E-state index in [0.717, 1.165) is 22.5 Å². The summed E-state index contributed by atoms with van der Waals surface area (Å²) in [4.78, 5) is 12.0. The van der Waals surface area contributed by atoms with Crippen LogP contribution < -0.4 is 14.8 Å². The Bertz CT molecular complexity index is 1070. The van der Waals surface area contributed by atoms with Crippen molar-refractivity contribution in [3.63, 3.8) is 0 Å². The van der Waals surface area contributed by atoms with Crippen LogP contribution in [0.2, 0.25) is 0 Å². The van der Waals surface area contributed by atoms with E-state index >= 15 is 0 Å². The van der Waals surface area contributed by atoms with Gasteiger partial charge in [0.1, 0.15) is 6.61 Å². The molecule has 7 nitrogen and oxygen atoms in total. The first-order chi connectivity index (χ1) is 15.6. The lowest BCUT2D eigenvalue weighted by Gasteiger charge is -2.30. The molecule has 1 heterocycles. The molecule has 1 saturated heterocycles. The molecule has 3 rings (SSSR count). The predicted molar refractivity (Wildman–Crippen MR) is 114 cm³/mol. The van der Waals surface area contributed by atoms with E-state index in [-0.39, 0.29) is 50.9 Å². The smallest absolute Gasteiger partial charge is 0.416 e. The molecule has 0 bridgehead atoms. The van der Waals surface area contributed by atoms with Gasteiger partial charge in [-0.25, -0.2) is 8.42 Å². The van der Waals surface area contributed by atoms with E-state index in [2.05, 4.69) is 5.32 Å². The van der Waals surface area contributed by atoms with Crippen molar-refractivity contribution in [3.8, 4) is 11.5 Å². The molecule has 0 unspecified atom stereocenters. The Balaban J connectivity index is 1.49. The molecule has 0 spiro atoms. The van der Waals surface area contributed by atoms with Gasteiger partial charge in [0.15, 0.2) is 11.5 Å². The van der Waals surface area contributed by atoms with Gasteiger partial charge in [-0.15, -0.1) is 0 Å². The van der Waals surface area contributed by atoms with Gasteiger partial charge in [0, 0.05) is 19.0 Å². The SMILES string of the molecule is COc1ccccc1OCCNC(=O)C1CCN(S(=O)(=O)c2cccc(C(F)(F)F)c2)CC1. The summed E-state index contributed by atoms with van der Waals surface area (Å²) in [7, 11) is -2.55. The number of halogens is 3. The molecule has 0 atom stereocenters. The minimum absolute atomic E-state index is 0.0500. The molecule has 1 N–H and O–H groups in total. The Morgan fingerprint density at radius 2 is 1.76 bits per heavy atom. The zero-order chi connectivity index (χ0) is 24.1. The summed E-state index contributed by atoms with van der Waals surface area (Å²) in [6.45, 7) is 0.595. The highest BCUT2D eigenvalue weighted by Crippen LogP contribution is 2.32. The second-order valence-corrected chi connectivity index (χ2v) is 9.43. The topological polar surface area (TPSA) is 84.9 Å². The third kappa shape index (κ3) is 6.17. The van der Waals surface area contributed by atoms with E-state index < -0.39 is 26.7 Å². The Morgan fingerprint density at radius 1 is 1.09 bits per heavy atom. The number of hydrogen-bond donors (Lipinski definition) is 1. The van der Waals surface area contributed by atoms with Crippen molar-refractivity contribution in [2.75, 3.05) is 33.4 Å². The van der Waals surface area contributed by atoms with Crippen molar-refractivity contribution in [3.05, 3.63) is 54.1 Å². The van der Waals surface area contributed by atoms with Crippen LogP contribution in [-0.2, 0) is 21.0 Å². The van der Waals surface area contributed by atoms with Crippen LogP contribution in [0, 0.1) is 5.92 Å². The van der Waals surface area contributed by atoms with Gasteiger partial charge < -0.3 is 14.8 Å². The molecular weight excluding hydrogens is 461 g/mol. The van der Waals surface area contributed by atoms with Crippen LogP contribution in [-0.4, -0.2) is 52.0 Å². The Hall–Kier alpha value is -2.79. The van der Waals surface area contributed by atoms with Crippen LogP contribution in [0.25, 0.3) is 0 Å². The number of nitrogens with one attached hydrogen (secondary N) is 1. The zero-order valence-corrected chi connectivity index (χ0v) is 18.8. The fourth-order valence-electron chi connectivity index (χ4n) is 3.56. The average molecular weight is 487 g/mol. The van der Waals surface area contributed by atoms with Gasteiger partial charge in [-0.1, -0.05) is 18.2 Å². The Morgan fingerprint density at radius 3 is 2.39 bits per heavy atom. The highest BCUT2D eigenvalue weighted by molar-refractivity contribution is 7.89. The minimum Gasteiger partial charge on any atom is -0.493 e. The number of carbonyl (C=O) groups excluding carboxylic acids is 1. The lowest BCUT2D eigenvalue weighted by Crippen LogP contribution is -2.43. The lowest BCUT2D eigenvalue weighted by atomic mass is 9.97. The molecule has 0 aliphatic carbocycles. The van der Waals surface area contributed by atoms with Crippen molar-refractivity contribution < 1.29 is 35.9 Å². The number of rotatable bonds is 8. The standard InChI is InChI=1S/C22H25F3N2O5S/c1-31-19-7-2-3-8-20(19)32-14-11-26-21(28)16-9-12-27(13-10-16)33(29,30)18-6-4-5-17(15-18)22(23,24)25/h2-8,15-16H,9-14H2,1H3,(H,26,28). The zero-order valence-electron chi connectivity index (χ0n) is 18.0. The third-order valence-corrected chi connectivity index (χ3v) is 7.25. The van der Waals surface area contributed by atoms with E-state index in [9.17, 15) is 26.4 Å². The van der Waals surface area contributed by atoms with Crippen molar-refractivity contribution >= 4 is 15.9 Å². The lowest BCUT2D eigenvalue weighted by molar-refractivity contribution is -0.137. The molecule has 0 aromatic heterocycles. The molecule has 1 aliphatic rings. The van der Waals surface area contributed by atoms with E-state index in [1.54, 1.807) is 18.2 Å². The molecule has 0 saturated carbocycles. The van der Waals surface area contributed by atoms with Crippen LogP contribution in [0.4, 0.5) is 13.2 Å². The molecule has 2 aromatic rings. The minimum atomic E-state index is -4.63. The Kier molecular flexibility index (Phi) is 7.85. The number of alkyl halides is 3. The van der Waals surface area contributed by atoms with Crippen molar-refractivity contribution in [2.24, 2.45) is 5.92 Å². The molecular formula is C22H25F3N2O5S. The normalized spacial score (nSPS) is 15.8. The van der Waals surface area contributed by atoms with Gasteiger partial charge in [0.2, 0.25) is 15.9 Å². The van der Waals surface area contributed by atoms with Crippen molar-refractivity contribution in [1.82, 2.24) is 9.62 Å². The maximum atomic E-state index is 12.9. The summed E-state index contributed by atoms with van der Waals surface area (Å²) in [6.07, 6.45) is -4.08. The van der Waals surface area contributed by atoms with E-state index in [1.165, 1.54) is 7.11 Å². The number of methoxy groups -OCH3 is 1. The summed E-state index contributed by atoms with van der Waals surface area (Å²) in [5.41, 5.74) is -1.02. The monoisotopic (exact) mass is 486 g/mol. The van der Waals surface area contributed by atoms with Gasteiger partial charge in [0.25, 0.3) is 0 Å². The highest BCUT2D eigenvalue weighted by atomic mass is 32.2. The maximum Gasteiger partial charge on any atom is 0.416 e. The van der Waals surface area contributed by atoms with Crippen LogP contribution in [0.3, 0.4) is 0 Å². The van der Waals surface area contributed by atoms with E-state index in [0.29, 0.717) is 17.6 Å². The van der Waals surface area contributed by atoms with Crippen molar-refractivity contribution in [1.29, 1.82) is 0 Å². The van der Waals surface area contributed by atoms with Crippen LogP contribution in [0.15, 0.2) is 53.4 Å². The van der Waals surface area contributed by atoms with Gasteiger partial charge in [-0.05, 0) is 43.2 Å². The molecule has 0 radical (unpaired) electrons. The first-order valence-corrected chi connectivity index (χ1v) is 11.8. The van der Waals surface area contributed by atoms with Crippen LogP contribution in [0.5, 0.6) is 11.5 Å².